The third-order valence-corrected chi connectivity index (χ3v) is 5.48. The fourth-order valence-electron chi connectivity index (χ4n) is 3.50. The second-order valence-electron chi connectivity index (χ2n) is 7.17. The van der Waals surface area contributed by atoms with E-state index < -0.39 is 0 Å². The lowest BCUT2D eigenvalue weighted by atomic mass is 10.2. The van der Waals surface area contributed by atoms with Crippen LogP contribution >= 0.6 is 11.3 Å². The average molecular weight is 386 g/mol. The smallest absolute Gasteiger partial charge is 0.273 e. The number of thiazole rings is 1. The van der Waals surface area contributed by atoms with Crippen LogP contribution in [0.2, 0.25) is 0 Å². The molecule has 0 aliphatic rings. The van der Waals surface area contributed by atoms with Gasteiger partial charge in [0, 0.05) is 42.0 Å². The Morgan fingerprint density at radius 1 is 1.22 bits per heavy atom. The lowest BCUT2D eigenvalue weighted by Crippen LogP contribution is -2.42. The minimum Gasteiger partial charge on any atom is -0.383 e. The number of carbonyl (C=O) groups is 1. The number of methoxy groups -OCH3 is 1. The number of aromatic nitrogens is 2. The number of nitrogens with zero attached hydrogens (tertiary/aromatic N) is 3. The van der Waals surface area contributed by atoms with E-state index in [1.807, 2.05) is 50.1 Å². The van der Waals surface area contributed by atoms with Gasteiger partial charge >= 0.3 is 0 Å². The summed E-state index contributed by atoms with van der Waals surface area (Å²) >= 11 is 1.51. The van der Waals surface area contributed by atoms with E-state index in [1.165, 1.54) is 11.3 Å². The first kappa shape index (κ1) is 19.6. The van der Waals surface area contributed by atoms with Gasteiger partial charge in [-0.15, -0.1) is 11.3 Å². The minimum absolute atomic E-state index is 0.0120. The fraction of sp³-hybridized carbons (Fsp3) is 0.429. The van der Waals surface area contributed by atoms with E-state index in [0.29, 0.717) is 12.3 Å². The number of hydrogen-bond donors (Lipinski definition) is 0. The van der Waals surface area contributed by atoms with Crippen LogP contribution in [0, 0.1) is 0 Å². The zero-order valence-electron chi connectivity index (χ0n) is 16.6. The van der Waals surface area contributed by atoms with Crippen LogP contribution in [0.15, 0.2) is 35.7 Å². The molecule has 0 fully saturated rings. The Bertz CT molecular complexity index is 919. The molecule has 0 unspecified atom stereocenters. The molecular weight excluding hydrogens is 358 g/mol. The van der Waals surface area contributed by atoms with Gasteiger partial charge in [0.1, 0.15) is 10.7 Å². The molecule has 1 amide bonds. The van der Waals surface area contributed by atoms with Crippen LogP contribution < -0.4 is 0 Å². The molecule has 0 saturated heterocycles. The summed E-state index contributed by atoms with van der Waals surface area (Å²) in [5.41, 5.74) is 2.69. The second kappa shape index (κ2) is 8.23. The Hall–Kier alpha value is -2.18. The van der Waals surface area contributed by atoms with Crippen LogP contribution in [0.5, 0.6) is 0 Å². The van der Waals surface area contributed by atoms with Crippen molar-refractivity contribution in [2.45, 2.75) is 46.3 Å². The molecule has 0 spiro atoms. The quantitative estimate of drug-likeness (QED) is 0.594. The predicted octanol–water partition coefficient (Wildman–Crippen LogP) is 4.67. The van der Waals surface area contributed by atoms with Crippen molar-refractivity contribution in [3.8, 4) is 10.7 Å². The number of carbonyl (C=O) groups excluding carboxylic acids is 1. The number of para-hydroxylation sites is 1. The molecule has 2 heterocycles. The van der Waals surface area contributed by atoms with Crippen molar-refractivity contribution in [3.05, 3.63) is 41.4 Å². The predicted molar refractivity (Wildman–Crippen MR) is 111 cm³/mol. The van der Waals surface area contributed by atoms with E-state index in [1.54, 1.807) is 7.11 Å². The molecule has 0 atom stereocenters. The number of amides is 1. The van der Waals surface area contributed by atoms with E-state index in [0.717, 1.165) is 28.1 Å². The number of ether oxygens (including phenoxy) is 1. The summed E-state index contributed by atoms with van der Waals surface area (Å²) in [7, 11) is 1.71. The zero-order chi connectivity index (χ0) is 19.6. The van der Waals surface area contributed by atoms with Crippen LogP contribution in [-0.2, 0) is 11.3 Å². The van der Waals surface area contributed by atoms with Gasteiger partial charge in [-0.25, -0.2) is 4.98 Å². The highest BCUT2D eigenvalue weighted by Crippen LogP contribution is 2.31. The van der Waals surface area contributed by atoms with Crippen molar-refractivity contribution >= 4 is 28.1 Å². The molecule has 0 bridgehead atoms. The average Bonchev–Trinajstić information content (AvgIpc) is 3.24. The number of rotatable bonds is 7. The highest BCUT2D eigenvalue weighted by Gasteiger charge is 2.24. The Morgan fingerprint density at radius 3 is 2.59 bits per heavy atom. The normalized spacial score (nSPS) is 11.7. The third kappa shape index (κ3) is 3.92. The summed E-state index contributed by atoms with van der Waals surface area (Å²) in [5, 5.41) is 3.89. The minimum atomic E-state index is -0.0120. The topological polar surface area (TPSA) is 47.4 Å². The SMILES string of the molecule is COCCn1c(-c2nc(C(=O)N(C(C)C)C(C)C)cs2)cc2ccccc21. The summed E-state index contributed by atoms with van der Waals surface area (Å²) in [6.45, 7) is 9.51. The maximum absolute atomic E-state index is 12.9. The van der Waals surface area contributed by atoms with Gasteiger partial charge in [-0.2, -0.15) is 0 Å². The van der Waals surface area contributed by atoms with Crippen molar-refractivity contribution in [1.29, 1.82) is 0 Å². The number of hydrogen-bond acceptors (Lipinski definition) is 4. The summed E-state index contributed by atoms with van der Waals surface area (Å²) in [6.07, 6.45) is 0. The van der Waals surface area contributed by atoms with E-state index in [-0.39, 0.29) is 18.0 Å². The molecule has 0 saturated carbocycles. The van der Waals surface area contributed by atoms with Gasteiger partial charge in [0.2, 0.25) is 0 Å². The highest BCUT2D eigenvalue weighted by atomic mass is 32.1. The maximum Gasteiger partial charge on any atom is 0.273 e. The molecule has 0 aliphatic heterocycles. The van der Waals surface area contributed by atoms with Gasteiger partial charge < -0.3 is 14.2 Å². The molecule has 2 aromatic heterocycles. The molecular formula is C21H27N3O2S. The first-order chi connectivity index (χ1) is 12.9. The fourth-order valence-corrected chi connectivity index (χ4v) is 4.32. The van der Waals surface area contributed by atoms with Crippen LogP contribution in [0.4, 0.5) is 0 Å². The van der Waals surface area contributed by atoms with Gasteiger partial charge in [0.15, 0.2) is 0 Å². The molecule has 6 heteroatoms. The molecule has 1 aromatic carbocycles. The van der Waals surface area contributed by atoms with E-state index in [2.05, 4.69) is 22.8 Å². The van der Waals surface area contributed by atoms with Crippen molar-refractivity contribution in [3.63, 3.8) is 0 Å². The standard InChI is InChI=1S/C21H27N3O2S/c1-14(2)24(15(3)4)21(25)17-13-27-20(22-17)19-12-16-8-6-7-9-18(16)23(19)10-11-26-5/h6-9,12-15H,10-11H2,1-5H3. The van der Waals surface area contributed by atoms with Gasteiger partial charge in [-0.1, -0.05) is 18.2 Å². The summed E-state index contributed by atoms with van der Waals surface area (Å²) in [4.78, 5) is 19.5. The molecule has 5 nitrogen and oxygen atoms in total. The maximum atomic E-state index is 12.9. The van der Waals surface area contributed by atoms with Crippen LogP contribution in [0.25, 0.3) is 21.6 Å². The van der Waals surface area contributed by atoms with Crippen LogP contribution in [0.1, 0.15) is 38.2 Å². The first-order valence-electron chi connectivity index (χ1n) is 9.29. The van der Waals surface area contributed by atoms with Crippen molar-refractivity contribution in [1.82, 2.24) is 14.5 Å². The van der Waals surface area contributed by atoms with Crippen molar-refractivity contribution < 1.29 is 9.53 Å². The summed E-state index contributed by atoms with van der Waals surface area (Å²) in [5.74, 6) is -0.0120. The van der Waals surface area contributed by atoms with E-state index in [4.69, 9.17) is 9.72 Å². The Morgan fingerprint density at radius 2 is 1.93 bits per heavy atom. The van der Waals surface area contributed by atoms with Gasteiger partial charge in [-0.3, -0.25) is 4.79 Å². The molecule has 144 valence electrons. The van der Waals surface area contributed by atoms with Gasteiger partial charge in [-0.05, 0) is 39.8 Å². The molecule has 0 aliphatic carbocycles. The number of benzene rings is 1. The molecule has 27 heavy (non-hydrogen) atoms. The summed E-state index contributed by atoms with van der Waals surface area (Å²) < 4.78 is 7.50. The van der Waals surface area contributed by atoms with Crippen LogP contribution in [0.3, 0.4) is 0 Å². The first-order valence-corrected chi connectivity index (χ1v) is 10.2. The zero-order valence-corrected chi connectivity index (χ0v) is 17.4. The monoisotopic (exact) mass is 385 g/mol. The molecule has 3 aromatic rings. The molecule has 0 N–H and O–H groups in total. The summed E-state index contributed by atoms with van der Waals surface area (Å²) in [6, 6.07) is 10.7. The van der Waals surface area contributed by atoms with Crippen molar-refractivity contribution in [2.75, 3.05) is 13.7 Å². The van der Waals surface area contributed by atoms with Crippen LogP contribution in [-0.4, -0.2) is 46.2 Å². The van der Waals surface area contributed by atoms with Gasteiger partial charge in [0.05, 0.1) is 12.3 Å². The highest BCUT2D eigenvalue weighted by molar-refractivity contribution is 7.13. The largest absolute Gasteiger partial charge is 0.383 e. The Balaban J connectivity index is 2.00. The third-order valence-electron chi connectivity index (χ3n) is 4.62. The second-order valence-corrected chi connectivity index (χ2v) is 8.03. The lowest BCUT2D eigenvalue weighted by molar-refractivity contribution is 0.0638. The van der Waals surface area contributed by atoms with Crippen molar-refractivity contribution in [2.24, 2.45) is 0 Å². The molecule has 0 radical (unpaired) electrons. The Kier molecular flexibility index (Phi) is 5.97. The van der Waals surface area contributed by atoms with E-state index in [9.17, 15) is 4.79 Å². The van der Waals surface area contributed by atoms with Gasteiger partial charge in [0.25, 0.3) is 5.91 Å². The van der Waals surface area contributed by atoms with E-state index >= 15 is 0 Å². The lowest BCUT2D eigenvalue weighted by Gasteiger charge is -2.30. The number of fused-ring (bicyclic) bond motifs is 1. The Labute approximate surface area is 164 Å². The molecule has 3 rings (SSSR count).